The third-order valence-electron chi connectivity index (χ3n) is 3.89. The maximum absolute atomic E-state index is 12.3. The van der Waals surface area contributed by atoms with E-state index in [2.05, 4.69) is 10.5 Å². The molecule has 30 heavy (non-hydrogen) atoms. The Morgan fingerprint density at radius 3 is 2.27 bits per heavy atom. The molecule has 0 aliphatic rings. The van der Waals surface area contributed by atoms with E-state index in [4.69, 9.17) is 10.5 Å². The normalized spacial score (nSPS) is 11.1. The topological polar surface area (TPSA) is 180 Å². The van der Waals surface area contributed by atoms with Gasteiger partial charge in [0.05, 0.1) is 44.2 Å². The molecular formula is C17H17N5O7S. The standard InChI is InChI=1S/C17H17N5O7S/c1-4-29-17(24)13-8(2)14(30-15(13)18)9(3)19-20-16(23)10-5-11(21(25)26)7-12(6-10)22(27)28/h5-7H,4,18H2,1-3H3,(H,20,23). The van der Waals surface area contributed by atoms with Gasteiger partial charge in [0.2, 0.25) is 0 Å². The zero-order valence-electron chi connectivity index (χ0n) is 16.1. The number of nitrogens with one attached hydrogen (secondary N) is 1. The molecule has 0 saturated carbocycles. The van der Waals surface area contributed by atoms with Crippen molar-refractivity contribution < 1.29 is 24.2 Å². The summed E-state index contributed by atoms with van der Waals surface area (Å²) in [5.74, 6) is -1.45. The lowest BCUT2D eigenvalue weighted by Crippen LogP contribution is -2.19. The molecule has 0 bridgehead atoms. The summed E-state index contributed by atoms with van der Waals surface area (Å²) in [5, 5.41) is 26.1. The number of esters is 1. The Bertz CT molecular complexity index is 1040. The second kappa shape index (κ2) is 9.09. The highest BCUT2D eigenvalue weighted by molar-refractivity contribution is 7.18. The number of nitro groups is 2. The summed E-state index contributed by atoms with van der Waals surface area (Å²) < 4.78 is 4.97. The van der Waals surface area contributed by atoms with Crippen LogP contribution in [0.1, 0.15) is 45.0 Å². The van der Waals surface area contributed by atoms with Gasteiger partial charge in [-0.3, -0.25) is 25.0 Å². The zero-order chi connectivity index (χ0) is 22.6. The molecule has 0 unspecified atom stereocenters. The fourth-order valence-corrected chi connectivity index (χ4v) is 3.53. The molecule has 2 rings (SSSR count). The molecule has 1 heterocycles. The molecule has 0 saturated heterocycles. The van der Waals surface area contributed by atoms with Crippen molar-refractivity contribution in [2.45, 2.75) is 20.8 Å². The number of benzene rings is 1. The van der Waals surface area contributed by atoms with E-state index in [9.17, 15) is 29.8 Å². The number of rotatable bonds is 7. The predicted octanol–water partition coefficient (Wildman–Crippen LogP) is 2.79. The molecule has 158 valence electrons. The van der Waals surface area contributed by atoms with Crippen LogP contribution in [-0.2, 0) is 4.74 Å². The quantitative estimate of drug-likeness (QED) is 0.288. The van der Waals surface area contributed by atoms with E-state index in [-0.39, 0.29) is 22.7 Å². The number of anilines is 1. The minimum Gasteiger partial charge on any atom is -0.462 e. The molecule has 1 aromatic heterocycles. The van der Waals surface area contributed by atoms with Crippen LogP contribution in [0.25, 0.3) is 0 Å². The molecule has 0 fully saturated rings. The number of carbonyl (C=O) groups excluding carboxylic acids is 2. The van der Waals surface area contributed by atoms with Gasteiger partial charge in [-0.15, -0.1) is 11.3 Å². The fraction of sp³-hybridized carbons (Fsp3) is 0.235. The molecule has 0 spiro atoms. The number of hydrazone groups is 1. The molecule has 12 nitrogen and oxygen atoms in total. The van der Waals surface area contributed by atoms with Gasteiger partial charge in [-0.2, -0.15) is 5.10 Å². The lowest BCUT2D eigenvalue weighted by atomic mass is 10.1. The average Bonchev–Trinajstić information content (AvgIpc) is 2.99. The highest BCUT2D eigenvalue weighted by atomic mass is 32.1. The largest absolute Gasteiger partial charge is 0.462 e. The van der Waals surface area contributed by atoms with Crippen LogP contribution in [0, 0.1) is 27.2 Å². The van der Waals surface area contributed by atoms with Crippen molar-refractivity contribution >= 4 is 45.3 Å². The average molecular weight is 435 g/mol. The lowest BCUT2D eigenvalue weighted by molar-refractivity contribution is -0.394. The first kappa shape index (κ1) is 22.4. The second-order valence-electron chi connectivity index (χ2n) is 5.91. The van der Waals surface area contributed by atoms with Crippen molar-refractivity contribution in [1.82, 2.24) is 5.43 Å². The summed E-state index contributed by atoms with van der Waals surface area (Å²) in [6, 6.07) is 2.56. The van der Waals surface area contributed by atoms with Crippen LogP contribution in [0.4, 0.5) is 16.4 Å². The predicted molar refractivity (Wildman–Crippen MR) is 109 cm³/mol. The Morgan fingerprint density at radius 1 is 1.20 bits per heavy atom. The van der Waals surface area contributed by atoms with E-state index in [1.807, 2.05) is 0 Å². The molecule has 1 amide bonds. The Kier molecular flexibility index (Phi) is 6.79. The van der Waals surface area contributed by atoms with Crippen molar-refractivity contribution in [1.29, 1.82) is 0 Å². The van der Waals surface area contributed by atoms with Gasteiger partial charge in [0.25, 0.3) is 17.3 Å². The Balaban J connectivity index is 2.31. The third kappa shape index (κ3) is 4.75. The Hall–Kier alpha value is -3.87. The van der Waals surface area contributed by atoms with Crippen LogP contribution in [-0.4, -0.2) is 34.0 Å². The maximum atomic E-state index is 12.3. The summed E-state index contributed by atoms with van der Waals surface area (Å²) in [5.41, 5.74) is 7.64. The molecule has 0 atom stereocenters. The second-order valence-corrected chi connectivity index (χ2v) is 6.96. The monoisotopic (exact) mass is 435 g/mol. The van der Waals surface area contributed by atoms with Gasteiger partial charge < -0.3 is 10.5 Å². The summed E-state index contributed by atoms with van der Waals surface area (Å²) in [4.78, 5) is 45.1. The number of non-ortho nitro benzene ring substituents is 2. The van der Waals surface area contributed by atoms with Crippen molar-refractivity contribution in [2.75, 3.05) is 12.3 Å². The van der Waals surface area contributed by atoms with E-state index in [1.165, 1.54) is 0 Å². The van der Waals surface area contributed by atoms with E-state index in [0.29, 0.717) is 16.2 Å². The van der Waals surface area contributed by atoms with Gasteiger partial charge in [0.15, 0.2) is 0 Å². The molecule has 0 radical (unpaired) electrons. The molecule has 3 N–H and O–H groups in total. The SMILES string of the molecule is CCOC(=O)c1c(N)sc(C(C)=NNC(=O)c2cc([N+](=O)[O-])cc([N+](=O)[O-])c2)c1C. The lowest BCUT2D eigenvalue weighted by Gasteiger charge is -2.04. The fourth-order valence-electron chi connectivity index (χ4n) is 2.53. The van der Waals surface area contributed by atoms with Crippen LogP contribution < -0.4 is 11.2 Å². The smallest absolute Gasteiger partial charge is 0.341 e. The summed E-state index contributed by atoms with van der Waals surface area (Å²) >= 11 is 1.08. The number of nitrogen functional groups attached to an aromatic ring is 1. The van der Waals surface area contributed by atoms with Crippen LogP contribution in [0.2, 0.25) is 0 Å². The van der Waals surface area contributed by atoms with Gasteiger partial charge in [0, 0.05) is 12.1 Å². The molecular weight excluding hydrogens is 418 g/mol. The molecule has 2 aromatic rings. The van der Waals surface area contributed by atoms with Gasteiger partial charge in [-0.1, -0.05) is 0 Å². The van der Waals surface area contributed by atoms with E-state index >= 15 is 0 Å². The molecule has 0 aliphatic carbocycles. The first-order valence-electron chi connectivity index (χ1n) is 8.41. The summed E-state index contributed by atoms with van der Waals surface area (Å²) in [6.07, 6.45) is 0. The highest BCUT2D eigenvalue weighted by Gasteiger charge is 2.23. The van der Waals surface area contributed by atoms with Gasteiger partial charge in [0.1, 0.15) is 5.00 Å². The maximum Gasteiger partial charge on any atom is 0.341 e. The summed E-state index contributed by atoms with van der Waals surface area (Å²) in [7, 11) is 0. The van der Waals surface area contributed by atoms with Gasteiger partial charge in [-0.05, 0) is 26.3 Å². The van der Waals surface area contributed by atoms with Crippen LogP contribution >= 0.6 is 11.3 Å². The number of carbonyl (C=O) groups is 2. The molecule has 0 aliphatic heterocycles. The number of nitrogens with zero attached hydrogens (tertiary/aromatic N) is 3. The van der Waals surface area contributed by atoms with Crippen molar-refractivity contribution in [3.05, 3.63) is 60.0 Å². The first-order valence-corrected chi connectivity index (χ1v) is 9.23. The third-order valence-corrected chi connectivity index (χ3v) is 5.12. The van der Waals surface area contributed by atoms with E-state index in [0.717, 1.165) is 29.5 Å². The van der Waals surface area contributed by atoms with E-state index in [1.54, 1.807) is 20.8 Å². The number of ether oxygens (including phenoxy) is 1. The number of amides is 1. The molecule has 1 aromatic carbocycles. The number of thiophene rings is 1. The minimum atomic E-state index is -0.881. The zero-order valence-corrected chi connectivity index (χ0v) is 16.9. The van der Waals surface area contributed by atoms with Crippen LogP contribution in [0.15, 0.2) is 23.3 Å². The Morgan fingerprint density at radius 2 is 1.77 bits per heavy atom. The molecule has 13 heteroatoms. The van der Waals surface area contributed by atoms with Gasteiger partial charge in [-0.25, -0.2) is 10.2 Å². The minimum absolute atomic E-state index is 0.182. The highest BCUT2D eigenvalue weighted by Crippen LogP contribution is 2.31. The van der Waals surface area contributed by atoms with Gasteiger partial charge >= 0.3 is 5.97 Å². The first-order chi connectivity index (χ1) is 14.1. The van der Waals surface area contributed by atoms with Crippen molar-refractivity contribution in [3.8, 4) is 0 Å². The number of nitrogens with two attached hydrogens (primary N) is 1. The number of hydrogen-bond acceptors (Lipinski definition) is 10. The van der Waals surface area contributed by atoms with Crippen molar-refractivity contribution in [3.63, 3.8) is 0 Å². The van der Waals surface area contributed by atoms with Crippen molar-refractivity contribution in [2.24, 2.45) is 5.10 Å². The number of nitro benzene ring substituents is 2. The Labute approximate surface area is 173 Å². The van der Waals surface area contributed by atoms with Crippen LogP contribution in [0.3, 0.4) is 0 Å². The van der Waals surface area contributed by atoms with E-state index < -0.39 is 33.1 Å². The van der Waals surface area contributed by atoms with Crippen LogP contribution in [0.5, 0.6) is 0 Å². The number of hydrogen-bond donors (Lipinski definition) is 2. The summed E-state index contributed by atoms with van der Waals surface area (Å²) in [6.45, 7) is 5.06.